The van der Waals surface area contributed by atoms with Gasteiger partial charge in [-0.05, 0) is 89.3 Å². The summed E-state index contributed by atoms with van der Waals surface area (Å²) in [4.78, 5) is 16.0. The number of hydrogen-bond donors (Lipinski definition) is 1. The molecule has 0 radical (unpaired) electrons. The Morgan fingerprint density at radius 3 is 1.83 bits per heavy atom. The highest BCUT2D eigenvalue weighted by Gasteiger charge is 2.28. The number of aromatic hydroxyl groups is 1. The van der Waals surface area contributed by atoms with Crippen LogP contribution in [0.5, 0.6) is 11.5 Å². The number of benzene rings is 4. The van der Waals surface area contributed by atoms with Gasteiger partial charge in [-0.1, -0.05) is 36.4 Å². The van der Waals surface area contributed by atoms with Crippen LogP contribution >= 0.6 is 22.6 Å². The first-order chi connectivity index (χ1) is 14.6. The topological polar surface area (TPSA) is 46.5 Å². The highest BCUT2D eigenvalue weighted by Crippen LogP contribution is 2.32. The van der Waals surface area contributed by atoms with E-state index in [0.717, 1.165) is 8.47 Å². The Morgan fingerprint density at radius 2 is 1.27 bits per heavy atom. The van der Waals surface area contributed by atoms with Crippen LogP contribution in [-0.2, 0) is 10.9 Å². The summed E-state index contributed by atoms with van der Waals surface area (Å²) in [5.41, 5.74) is 0.152. The van der Waals surface area contributed by atoms with Gasteiger partial charge in [-0.25, -0.2) is 4.79 Å². The van der Waals surface area contributed by atoms with E-state index in [2.05, 4.69) is 46.9 Å². The molecule has 0 bridgehead atoms. The van der Waals surface area contributed by atoms with Crippen LogP contribution < -0.4 is 4.74 Å². The van der Waals surface area contributed by atoms with Gasteiger partial charge in [0.25, 0.3) is 0 Å². The number of phenolic OH excluding ortho intramolecular Hbond substituents is 1. The van der Waals surface area contributed by atoms with Gasteiger partial charge < -0.3 is 9.84 Å². The molecule has 1 N–H and O–H groups in total. The Hall–Kier alpha value is -2.77. The van der Waals surface area contributed by atoms with Crippen LogP contribution in [0.4, 0.5) is 0 Å². The zero-order valence-electron chi connectivity index (χ0n) is 15.9. The summed E-state index contributed by atoms with van der Waals surface area (Å²) >= 11 is 2.09. The van der Waals surface area contributed by atoms with Gasteiger partial charge in [0, 0.05) is 3.57 Å². The molecule has 0 heterocycles. The van der Waals surface area contributed by atoms with E-state index >= 15 is 0 Å². The number of carbonyl (C=O) groups is 1. The number of esters is 1. The Kier molecular flexibility index (Phi) is 6.40. The van der Waals surface area contributed by atoms with Crippen LogP contribution in [0, 0.1) is 3.57 Å². The third-order valence-electron chi connectivity index (χ3n) is 4.41. The second-order valence-corrected chi connectivity index (χ2v) is 9.73. The third-order valence-corrected chi connectivity index (χ3v) is 7.31. The van der Waals surface area contributed by atoms with Crippen LogP contribution in [0.3, 0.4) is 0 Å². The first-order valence-corrected chi connectivity index (χ1v) is 11.6. The maximum absolute atomic E-state index is 12.5. The molecular weight excluding hydrogens is 507 g/mol. The van der Waals surface area contributed by atoms with Crippen molar-refractivity contribution in [2.75, 3.05) is 0 Å². The lowest BCUT2D eigenvalue weighted by molar-refractivity contribution is 0.0731. The van der Waals surface area contributed by atoms with Gasteiger partial charge >= 0.3 is 5.97 Å². The van der Waals surface area contributed by atoms with Gasteiger partial charge in [-0.15, -0.1) is 0 Å². The molecule has 0 amide bonds. The van der Waals surface area contributed by atoms with Crippen molar-refractivity contribution in [3.05, 3.63) is 112 Å². The predicted molar refractivity (Wildman–Crippen MR) is 127 cm³/mol. The molecule has 4 rings (SSSR count). The molecule has 0 aliphatic rings. The molecular formula is C25H18IO3S+. The van der Waals surface area contributed by atoms with Crippen molar-refractivity contribution in [1.82, 2.24) is 0 Å². The fourth-order valence-corrected chi connectivity index (χ4v) is 5.57. The Morgan fingerprint density at radius 1 is 0.733 bits per heavy atom. The molecule has 0 fully saturated rings. The van der Waals surface area contributed by atoms with Gasteiger partial charge in [0.15, 0.2) is 14.7 Å². The van der Waals surface area contributed by atoms with Crippen molar-refractivity contribution < 1.29 is 14.6 Å². The molecule has 0 aromatic heterocycles. The number of rotatable bonds is 5. The summed E-state index contributed by atoms with van der Waals surface area (Å²) < 4.78 is 6.33. The minimum absolute atomic E-state index is 0.0910. The maximum Gasteiger partial charge on any atom is 0.347 e. The van der Waals surface area contributed by atoms with E-state index < -0.39 is 5.97 Å². The fourth-order valence-electron chi connectivity index (χ4n) is 3.00. The first-order valence-electron chi connectivity index (χ1n) is 9.27. The van der Waals surface area contributed by atoms with Gasteiger partial charge in [0.1, 0.15) is 17.1 Å². The van der Waals surface area contributed by atoms with Crippen LogP contribution in [0.15, 0.2) is 118 Å². The summed E-state index contributed by atoms with van der Waals surface area (Å²) in [6, 6.07) is 33.1. The Bertz CT molecular complexity index is 1110. The molecule has 4 aromatic rings. The van der Waals surface area contributed by atoms with E-state index in [4.69, 9.17) is 4.74 Å². The predicted octanol–water partition coefficient (Wildman–Crippen LogP) is 6.31. The van der Waals surface area contributed by atoms with Gasteiger partial charge in [-0.3, -0.25) is 0 Å². The minimum atomic E-state index is -0.580. The van der Waals surface area contributed by atoms with Crippen LogP contribution in [0.25, 0.3) is 0 Å². The second-order valence-electron chi connectivity index (χ2n) is 6.45. The van der Waals surface area contributed by atoms with E-state index in [1.54, 1.807) is 24.3 Å². The quantitative estimate of drug-likeness (QED) is 0.144. The minimum Gasteiger partial charge on any atom is -0.507 e. The van der Waals surface area contributed by atoms with E-state index in [-0.39, 0.29) is 22.2 Å². The number of ether oxygens (including phenoxy) is 1. The monoisotopic (exact) mass is 525 g/mol. The van der Waals surface area contributed by atoms with E-state index in [1.165, 1.54) is 15.9 Å². The maximum atomic E-state index is 12.5. The van der Waals surface area contributed by atoms with Crippen molar-refractivity contribution >= 4 is 39.5 Å². The molecule has 0 unspecified atom stereocenters. The largest absolute Gasteiger partial charge is 0.507 e. The average Bonchev–Trinajstić information content (AvgIpc) is 2.78. The third kappa shape index (κ3) is 4.68. The summed E-state index contributed by atoms with van der Waals surface area (Å²) in [7, 11) is -0.260. The van der Waals surface area contributed by atoms with Crippen molar-refractivity contribution in [2.24, 2.45) is 0 Å². The van der Waals surface area contributed by atoms with Crippen molar-refractivity contribution in [2.45, 2.75) is 14.7 Å². The summed E-state index contributed by atoms with van der Waals surface area (Å²) in [6.07, 6.45) is 0. The number of phenols is 1. The van der Waals surface area contributed by atoms with Gasteiger partial charge in [0.2, 0.25) is 0 Å². The van der Waals surface area contributed by atoms with Gasteiger partial charge in [0.05, 0.1) is 10.9 Å². The smallest absolute Gasteiger partial charge is 0.347 e. The van der Waals surface area contributed by atoms with Crippen LogP contribution in [0.1, 0.15) is 10.4 Å². The summed E-state index contributed by atoms with van der Waals surface area (Å²) in [6.45, 7) is 0. The summed E-state index contributed by atoms with van der Waals surface area (Å²) in [5.74, 6) is -0.234. The molecule has 0 spiro atoms. The lowest BCUT2D eigenvalue weighted by atomic mass is 10.2. The Balaban J connectivity index is 1.61. The standard InChI is InChI=1S/C25H17IO3S/c26-18-11-16-24(27)23(17-18)25(28)29-19-12-14-22(15-13-19)30(20-7-3-1-4-8-20)21-9-5-2-6-10-21/h1-17H/p+1. The zero-order valence-corrected chi connectivity index (χ0v) is 18.8. The van der Waals surface area contributed by atoms with Crippen LogP contribution in [0.2, 0.25) is 0 Å². The molecule has 0 aliphatic heterocycles. The number of carbonyl (C=O) groups excluding carboxylic acids is 1. The SMILES string of the molecule is O=C(Oc1ccc([S+](c2ccccc2)c2ccccc2)cc1)c1cc(I)ccc1O. The molecule has 0 atom stereocenters. The molecule has 148 valence electrons. The van der Waals surface area contributed by atoms with Crippen LogP contribution in [-0.4, -0.2) is 11.1 Å². The molecule has 0 saturated heterocycles. The summed E-state index contributed by atoms with van der Waals surface area (Å²) in [5, 5.41) is 9.95. The molecule has 30 heavy (non-hydrogen) atoms. The first kappa shape index (κ1) is 20.5. The highest BCUT2D eigenvalue weighted by atomic mass is 127. The molecule has 5 heteroatoms. The lowest BCUT2D eigenvalue weighted by Crippen LogP contribution is -2.09. The number of halogens is 1. The molecule has 4 aromatic carbocycles. The highest BCUT2D eigenvalue weighted by molar-refractivity contribution is 14.1. The normalized spacial score (nSPS) is 10.7. The van der Waals surface area contributed by atoms with Crippen molar-refractivity contribution in [3.8, 4) is 11.5 Å². The Labute approximate surface area is 191 Å². The molecule has 0 aliphatic carbocycles. The second kappa shape index (κ2) is 9.36. The van der Waals surface area contributed by atoms with Crippen molar-refractivity contribution in [1.29, 1.82) is 0 Å². The van der Waals surface area contributed by atoms with E-state index in [0.29, 0.717) is 5.75 Å². The zero-order chi connectivity index (χ0) is 20.9. The van der Waals surface area contributed by atoms with E-state index in [9.17, 15) is 9.90 Å². The van der Waals surface area contributed by atoms with Crippen molar-refractivity contribution in [3.63, 3.8) is 0 Å². The molecule has 0 saturated carbocycles. The molecule has 3 nitrogen and oxygen atoms in total. The van der Waals surface area contributed by atoms with Gasteiger partial charge in [-0.2, -0.15) is 0 Å². The average molecular weight is 525 g/mol. The van der Waals surface area contributed by atoms with E-state index in [1.807, 2.05) is 48.5 Å². The lowest BCUT2D eigenvalue weighted by Gasteiger charge is -2.09. The number of hydrogen-bond acceptors (Lipinski definition) is 3. The fraction of sp³-hybridized carbons (Fsp3) is 0.